The lowest BCUT2D eigenvalue weighted by Gasteiger charge is -2.38. The summed E-state index contributed by atoms with van der Waals surface area (Å²) >= 11 is 1.47. The average molecular weight is 303 g/mol. The first-order valence-electron chi connectivity index (χ1n) is 6.94. The molecule has 3 rings (SSSR count). The van der Waals surface area contributed by atoms with Gasteiger partial charge in [-0.1, -0.05) is 41.7 Å². The van der Waals surface area contributed by atoms with Crippen LogP contribution in [0.15, 0.2) is 41.9 Å². The minimum atomic E-state index is -0.0232. The van der Waals surface area contributed by atoms with Gasteiger partial charge in [-0.3, -0.25) is 0 Å². The average Bonchev–Trinajstić information content (AvgIpc) is 2.96. The number of likely N-dealkylation sites (tertiary alicyclic amines) is 1. The Kier molecular flexibility index (Phi) is 4.35. The molecule has 0 spiro atoms. The number of nitrogens with zero attached hydrogens (tertiary/aromatic N) is 2. The van der Waals surface area contributed by atoms with Crippen molar-refractivity contribution in [2.24, 2.45) is 0 Å². The fraction of sp³-hybridized carbons (Fsp3) is 0.333. The molecule has 1 aliphatic heterocycles. The molecule has 1 aliphatic rings. The molecule has 1 fully saturated rings. The molecular weight excluding hydrogens is 286 g/mol. The van der Waals surface area contributed by atoms with Crippen LogP contribution in [-0.4, -0.2) is 41.7 Å². The second-order valence-corrected chi connectivity index (χ2v) is 5.77. The van der Waals surface area contributed by atoms with Gasteiger partial charge in [-0.2, -0.15) is 0 Å². The van der Waals surface area contributed by atoms with Crippen LogP contribution in [0.3, 0.4) is 0 Å². The van der Waals surface area contributed by atoms with Crippen LogP contribution in [-0.2, 0) is 6.42 Å². The molecule has 0 unspecified atom stereocenters. The number of hydrogen-bond donors (Lipinski definition) is 1. The lowest BCUT2D eigenvalue weighted by molar-refractivity contribution is 0.0444. The summed E-state index contributed by atoms with van der Waals surface area (Å²) in [6.45, 7) is 1.89. The third kappa shape index (κ3) is 3.72. The maximum Gasteiger partial charge on any atom is 0.317 e. The molecule has 1 saturated heterocycles. The van der Waals surface area contributed by atoms with Gasteiger partial charge in [0.2, 0.25) is 0 Å². The van der Waals surface area contributed by atoms with Crippen molar-refractivity contribution in [1.82, 2.24) is 15.2 Å². The topological polar surface area (TPSA) is 54.5 Å². The Bertz CT molecular complexity index is 568. The summed E-state index contributed by atoms with van der Waals surface area (Å²) in [6.07, 6.45) is 2.63. The molecule has 5 nitrogen and oxygen atoms in total. The van der Waals surface area contributed by atoms with Crippen molar-refractivity contribution in [2.75, 3.05) is 19.6 Å². The smallest absolute Gasteiger partial charge is 0.317 e. The molecular formula is C15H17N3O2S. The maximum atomic E-state index is 11.9. The van der Waals surface area contributed by atoms with E-state index in [9.17, 15) is 4.79 Å². The van der Waals surface area contributed by atoms with Crippen LogP contribution in [0.25, 0.3) is 0 Å². The van der Waals surface area contributed by atoms with Crippen molar-refractivity contribution in [1.29, 1.82) is 0 Å². The first-order valence-corrected chi connectivity index (χ1v) is 7.82. The highest BCUT2D eigenvalue weighted by molar-refractivity contribution is 7.11. The molecule has 0 bridgehead atoms. The fourth-order valence-electron chi connectivity index (χ4n) is 2.16. The van der Waals surface area contributed by atoms with Gasteiger partial charge in [0.05, 0.1) is 13.1 Å². The number of carbonyl (C=O) groups is 1. The van der Waals surface area contributed by atoms with Gasteiger partial charge in [0, 0.05) is 18.1 Å². The second-order valence-electron chi connectivity index (χ2n) is 4.91. The van der Waals surface area contributed by atoms with Crippen LogP contribution in [0.5, 0.6) is 5.19 Å². The predicted octanol–water partition coefficient (Wildman–Crippen LogP) is 2.16. The van der Waals surface area contributed by atoms with Gasteiger partial charge in [0.25, 0.3) is 5.19 Å². The summed E-state index contributed by atoms with van der Waals surface area (Å²) in [5, 5.41) is 5.48. The number of aromatic nitrogens is 1. The van der Waals surface area contributed by atoms with Crippen LogP contribution in [0.1, 0.15) is 5.56 Å². The van der Waals surface area contributed by atoms with Crippen molar-refractivity contribution < 1.29 is 9.53 Å². The minimum Gasteiger partial charge on any atom is -0.463 e. The predicted molar refractivity (Wildman–Crippen MR) is 81.6 cm³/mol. The first kappa shape index (κ1) is 13.9. The summed E-state index contributed by atoms with van der Waals surface area (Å²) in [5.41, 5.74) is 1.23. The molecule has 2 aromatic rings. The summed E-state index contributed by atoms with van der Waals surface area (Å²) in [4.78, 5) is 17.7. The highest BCUT2D eigenvalue weighted by Gasteiger charge is 2.32. The molecule has 0 saturated carbocycles. The van der Waals surface area contributed by atoms with Crippen molar-refractivity contribution in [3.05, 3.63) is 47.5 Å². The Hall–Kier alpha value is -2.08. The zero-order valence-electron chi connectivity index (χ0n) is 11.6. The highest BCUT2D eigenvalue weighted by atomic mass is 32.1. The number of benzene rings is 1. The van der Waals surface area contributed by atoms with E-state index in [1.165, 1.54) is 16.9 Å². The Morgan fingerprint density at radius 3 is 2.90 bits per heavy atom. The molecule has 2 heterocycles. The van der Waals surface area contributed by atoms with Gasteiger partial charge >= 0.3 is 6.03 Å². The maximum absolute atomic E-state index is 11.9. The van der Waals surface area contributed by atoms with E-state index in [4.69, 9.17) is 4.74 Å². The number of urea groups is 1. The minimum absolute atomic E-state index is 0.0232. The molecule has 6 heteroatoms. The summed E-state index contributed by atoms with van der Waals surface area (Å²) in [6, 6.07) is 10.1. The van der Waals surface area contributed by atoms with Crippen molar-refractivity contribution in [3.8, 4) is 5.19 Å². The highest BCUT2D eigenvalue weighted by Crippen LogP contribution is 2.19. The SMILES string of the molecule is O=C(NCCc1ccccc1)N1CC(Oc2nccs2)C1. The Morgan fingerprint density at radius 2 is 2.19 bits per heavy atom. The van der Waals surface area contributed by atoms with E-state index in [-0.39, 0.29) is 12.1 Å². The van der Waals surface area contributed by atoms with Gasteiger partial charge in [0.1, 0.15) is 6.10 Å². The molecule has 0 aliphatic carbocycles. The van der Waals surface area contributed by atoms with E-state index in [2.05, 4.69) is 22.4 Å². The van der Waals surface area contributed by atoms with E-state index in [1.54, 1.807) is 11.1 Å². The van der Waals surface area contributed by atoms with E-state index < -0.39 is 0 Å². The number of ether oxygens (including phenoxy) is 1. The Balaban J connectivity index is 1.34. The summed E-state index contributed by atoms with van der Waals surface area (Å²) < 4.78 is 5.63. The summed E-state index contributed by atoms with van der Waals surface area (Å²) in [5.74, 6) is 0. The van der Waals surface area contributed by atoms with Gasteiger partial charge in [-0.25, -0.2) is 9.78 Å². The molecule has 21 heavy (non-hydrogen) atoms. The lowest BCUT2D eigenvalue weighted by Crippen LogP contribution is -2.59. The first-order chi connectivity index (χ1) is 10.3. The standard InChI is InChI=1S/C15H17N3O2S/c19-14(16-7-6-12-4-2-1-3-5-12)18-10-13(11-18)20-15-17-8-9-21-15/h1-5,8-9,13H,6-7,10-11H2,(H,16,19). The molecule has 110 valence electrons. The zero-order chi connectivity index (χ0) is 14.5. The van der Waals surface area contributed by atoms with Gasteiger partial charge in [-0.05, 0) is 12.0 Å². The van der Waals surface area contributed by atoms with E-state index in [0.717, 1.165) is 6.42 Å². The molecule has 1 N–H and O–H groups in total. The molecule has 1 aromatic carbocycles. The summed E-state index contributed by atoms with van der Waals surface area (Å²) in [7, 11) is 0. The number of amides is 2. The van der Waals surface area contributed by atoms with Crippen molar-refractivity contribution in [2.45, 2.75) is 12.5 Å². The third-order valence-electron chi connectivity index (χ3n) is 3.35. The number of thiazole rings is 1. The Morgan fingerprint density at radius 1 is 1.38 bits per heavy atom. The second kappa shape index (κ2) is 6.58. The molecule has 2 amide bonds. The number of hydrogen-bond acceptors (Lipinski definition) is 4. The normalized spacial score (nSPS) is 14.6. The van der Waals surface area contributed by atoms with Crippen molar-refractivity contribution >= 4 is 17.4 Å². The Labute approximate surface area is 127 Å². The largest absolute Gasteiger partial charge is 0.463 e. The van der Waals surface area contributed by atoms with Crippen molar-refractivity contribution in [3.63, 3.8) is 0 Å². The number of nitrogens with one attached hydrogen (secondary N) is 1. The van der Waals surface area contributed by atoms with E-state index >= 15 is 0 Å². The fourth-order valence-corrected chi connectivity index (χ4v) is 2.71. The van der Waals surface area contributed by atoms with Crippen LogP contribution in [0, 0.1) is 0 Å². The van der Waals surface area contributed by atoms with Gasteiger partial charge < -0.3 is 15.0 Å². The van der Waals surface area contributed by atoms with E-state index in [0.29, 0.717) is 24.8 Å². The van der Waals surface area contributed by atoms with Gasteiger partial charge in [-0.15, -0.1) is 0 Å². The monoisotopic (exact) mass is 303 g/mol. The van der Waals surface area contributed by atoms with Crippen LogP contribution in [0.4, 0.5) is 4.79 Å². The van der Waals surface area contributed by atoms with Crippen LogP contribution >= 0.6 is 11.3 Å². The van der Waals surface area contributed by atoms with Crippen LogP contribution in [0.2, 0.25) is 0 Å². The molecule has 1 aromatic heterocycles. The van der Waals surface area contributed by atoms with Crippen LogP contribution < -0.4 is 10.1 Å². The molecule has 0 atom stereocenters. The lowest BCUT2D eigenvalue weighted by atomic mass is 10.1. The number of rotatable bonds is 5. The third-order valence-corrected chi connectivity index (χ3v) is 4.01. The molecule has 0 radical (unpaired) electrons. The van der Waals surface area contributed by atoms with E-state index in [1.807, 2.05) is 23.6 Å². The zero-order valence-corrected chi connectivity index (χ0v) is 12.4. The van der Waals surface area contributed by atoms with Gasteiger partial charge in [0.15, 0.2) is 0 Å². The number of carbonyl (C=O) groups excluding carboxylic acids is 1. The quantitative estimate of drug-likeness (QED) is 0.921.